The van der Waals surface area contributed by atoms with E-state index in [9.17, 15) is 4.79 Å². The van der Waals surface area contributed by atoms with Crippen LogP contribution in [-0.2, 0) is 0 Å². The van der Waals surface area contributed by atoms with Crippen LogP contribution < -0.4 is 19.3 Å². The van der Waals surface area contributed by atoms with E-state index in [0.29, 0.717) is 23.3 Å². The maximum atomic E-state index is 11.5. The van der Waals surface area contributed by atoms with Crippen molar-refractivity contribution in [1.82, 2.24) is 10.1 Å². The van der Waals surface area contributed by atoms with Crippen LogP contribution in [0.15, 0.2) is 47.0 Å². The number of para-hydroxylation sites is 1. The highest BCUT2D eigenvalue weighted by atomic mass is 16.5. The minimum Gasteiger partial charge on any atom is -0.493 e. The van der Waals surface area contributed by atoms with Crippen LogP contribution >= 0.6 is 0 Å². The minimum absolute atomic E-state index is 0.0752. The Balaban J connectivity index is 1.45. The van der Waals surface area contributed by atoms with Gasteiger partial charge < -0.3 is 23.8 Å². The molecule has 0 radical (unpaired) electrons. The first-order chi connectivity index (χ1) is 14.6. The molecule has 8 nitrogen and oxygen atoms in total. The number of Topliss-reactive ketones (excluding diaryl/α,β-unsaturated/α-hetero) is 1. The summed E-state index contributed by atoms with van der Waals surface area (Å²) >= 11 is 0. The van der Waals surface area contributed by atoms with E-state index in [1.165, 1.54) is 0 Å². The number of hydrogen-bond acceptors (Lipinski definition) is 8. The molecule has 156 valence electrons. The fourth-order valence-corrected chi connectivity index (χ4v) is 3.58. The number of aromatic nitrogens is 2. The molecule has 1 saturated heterocycles. The molecular formula is C22H24N4O4. The molecule has 3 aromatic rings. The Labute approximate surface area is 175 Å². The summed E-state index contributed by atoms with van der Waals surface area (Å²) in [5, 5.41) is 4.14. The number of piperazine rings is 1. The first-order valence-electron chi connectivity index (χ1n) is 9.76. The Morgan fingerprint density at radius 1 is 0.967 bits per heavy atom. The molecule has 4 rings (SSSR count). The third-order valence-corrected chi connectivity index (χ3v) is 5.25. The second-order valence-corrected chi connectivity index (χ2v) is 7.02. The fourth-order valence-electron chi connectivity index (χ4n) is 3.58. The van der Waals surface area contributed by atoms with E-state index in [-0.39, 0.29) is 5.78 Å². The summed E-state index contributed by atoms with van der Waals surface area (Å²) in [6, 6.07) is 13.8. The van der Waals surface area contributed by atoms with Crippen LogP contribution in [-0.4, -0.2) is 56.3 Å². The highest BCUT2D eigenvalue weighted by molar-refractivity contribution is 5.94. The molecule has 0 aliphatic carbocycles. The van der Waals surface area contributed by atoms with Crippen LogP contribution in [0.1, 0.15) is 17.3 Å². The Morgan fingerprint density at radius 2 is 1.67 bits per heavy atom. The summed E-state index contributed by atoms with van der Waals surface area (Å²) in [6.45, 7) is 4.73. The van der Waals surface area contributed by atoms with Crippen molar-refractivity contribution in [3.63, 3.8) is 0 Å². The highest BCUT2D eigenvalue weighted by Gasteiger charge is 2.23. The first-order valence-corrected chi connectivity index (χ1v) is 9.76. The van der Waals surface area contributed by atoms with Gasteiger partial charge in [-0.2, -0.15) is 4.98 Å². The summed E-state index contributed by atoms with van der Waals surface area (Å²) in [6.07, 6.45) is 0. The maximum Gasteiger partial charge on any atom is 0.324 e. The topological polar surface area (TPSA) is 80.9 Å². The van der Waals surface area contributed by atoms with Crippen LogP contribution in [0, 0.1) is 0 Å². The summed E-state index contributed by atoms with van der Waals surface area (Å²) in [5.74, 6) is 1.73. The number of nitrogens with zero attached hydrogens (tertiary/aromatic N) is 4. The second kappa shape index (κ2) is 8.44. The number of ether oxygens (including phenoxy) is 2. The quantitative estimate of drug-likeness (QED) is 0.575. The van der Waals surface area contributed by atoms with Crippen molar-refractivity contribution in [1.29, 1.82) is 0 Å². The van der Waals surface area contributed by atoms with Gasteiger partial charge in [0.25, 0.3) is 0 Å². The van der Waals surface area contributed by atoms with Gasteiger partial charge in [-0.15, -0.1) is 0 Å². The third-order valence-electron chi connectivity index (χ3n) is 5.25. The molecule has 0 saturated carbocycles. The lowest BCUT2D eigenvalue weighted by molar-refractivity contribution is 0.101. The Bertz CT molecular complexity index is 1020. The van der Waals surface area contributed by atoms with Crippen LogP contribution in [0.25, 0.3) is 11.4 Å². The molecule has 0 spiro atoms. The molecule has 1 aliphatic heterocycles. The number of carbonyl (C=O) groups excluding carboxylic acids is 1. The van der Waals surface area contributed by atoms with Gasteiger partial charge in [-0.1, -0.05) is 11.2 Å². The average molecular weight is 408 g/mol. The molecule has 2 heterocycles. The molecule has 0 unspecified atom stereocenters. The van der Waals surface area contributed by atoms with Crippen molar-refractivity contribution in [2.24, 2.45) is 0 Å². The minimum atomic E-state index is 0.0752. The van der Waals surface area contributed by atoms with Crippen molar-refractivity contribution >= 4 is 17.5 Å². The number of hydrogen-bond donors (Lipinski definition) is 0. The molecule has 2 aromatic carbocycles. The van der Waals surface area contributed by atoms with E-state index in [0.717, 1.165) is 43.0 Å². The lowest BCUT2D eigenvalue weighted by Gasteiger charge is -2.35. The Morgan fingerprint density at radius 3 is 2.30 bits per heavy atom. The van der Waals surface area contributed by atoms with E-state index in [1.807, 2.05) is 42.5 Å². The zero-order chi connectivity index (χ0) is 21.1. The normalized spacial score (nSPS) is 14.0. The van der Waals surface area contributed by atoms with Gasteiger partial charge in [-0.05, 0) is 43.3 Å². The van der Waals surface area contributed by atoms with Crippen molar-refractivity contribution < 1.29 is 18.8 Å². The smallest absolute Gasteiger partial charge is 0.324 e. The van der Waals surface area contributed by atoms with Gasteiger partial charge >= 0.3 is 6.01 Å². The van der Waals surface area contributed by atoms with Crippen LogP contribution in [0.5, 0.6) is 11.5 Å². The van der Waals surface area contributed by atoms with E-state index in [2.05, 4.69) is 19.9 Å². The molecular weight excluding hydrogens is 384 g/mol. The third kappa shape index (κ3) is 3.80. The molecule has 0 bridgehead atoms. The summed E-state index contributed by atoms with van der Waals surface area (Å²) in [5.41, 5.74) is 2.55. The molecule has 0 atom stereocenters. The number of ketones is 1. The first kappa shape index (κ1) is 19.8. The van der Waals surface area contributed by atoms with E-state index in [1.54, 1.807) is 21.1 Å². The zero-order valence-electron chi connectivity index (χ0n) is 17.3. The van der Waals surface area contributed by atoms with Gasteiger partial charge in [0.15, 0.2) is 17.3 Å². The van der Waals surface area contributed by atoms with Crippen molar-refractivity contribution in [2.45, 2.75) is 6.92 Å². The number of rotatable bonds is 6. The van der Waals surface area contributed by atoms with Gasteiger partial charge in [0.2, 0.25) is 5.82 Å². The van der Waals surface area contributed by atoms with Gasteiger partial charge in [0.1, 0.15) is 0 Å². The van der Waals surface area contributed by atoms with Crippen LogP contribution in [0.2, 0.25) is 0 Å². The number of anilines is 2. The Kier molecular flexibility index (Phi) is 5.56. The summed E-state index contributed by atoms with van der Waals surface area (Å²) in [7, 11) is 3.18. The standard InChI is InChI=1S/C22H24N4O4/c1-15(27)16-7-9-17(10-8-16)25-11-13-26(14-12-25)22-23-21(24-30-22)18-5-4-6-19(28-2)20(18)29-3/h4-10H,11-14H2,1-3H3. The summed E-state index contributed by atoms with van der Waals surface area (Å²) in [4.78, 5) is 20.4. The van der Waals surface area contributed by atoms with Crippen LogP contribution in [0.4, 0.5) is 11.7 Å². The highest BCUT2D eigenvalue weighted by Crippen LogP contribution is 2.37. The largest absolute Gasteiger partial charge is 0.493 e. The number of carbonyl (C=O) groups is 1. The number of methoxy groups -OCH3 is 2. The summed E-state index contributed by atoms with van der Waals surface area (Å²) < 4.78 is 16.4. The fraction of sp³-hybridized carbons (Fsp3) is 0.318. The van der Waals surface area contributed by atoms with Crippen molar-refractivity contribution in [3.05, 3.63) is 48.0 Å². The Hall–Kier alpha value is -3.55. The lowest BCUT2D eigenvalue weighted by Crippen LogP contribution is -2.46. The van der Waals surface area contributed by atoms with Crippen molar-refractivity contribution in [3.8, 4) is 22.9 Å². The predicted octanol–water partition coefficient (Wildman–Crippen LogP) is 3.28. The van der Waals surface area contributed by atoms with Gasteiger partial charge in [0, 0.05) is 37.4 Å². The SMILES string of the molecule is COc1cccc(-c2noc(N3CCN(c4ccc(C(C)=O)cc4)CC3)n2)c1OC. The molecule has 8 heteroatoms. The van der Waals surface area contributed by atoms with E-state index < -0.39 is 0 Å². The second-order valence-electron chi connectivity index (χ2n) is 7.02. The molecule has 0 amide bonds. The lowest BCUT2D eigenvalue weighted by atomic mass is 10.1. The van der Waals surface area contributed by atoms with E-state index >= 15 is 0 Å². The average Bonchev–Trinajstić information content (AvgIpc) is 3.28. The maximum absolute atomic E-state index is 11.5. The predicted molar refractivity (Wildman–Crippen MR) is 114 cm³/mol. The molecule has 1 fully saturated rings. The monoisotopic (exact) mass is 408 g/mol. The molecule has 1 aliphatic rings. The van der Waals surface area contributed by atoms with Crippen LogP contribution in [0.3, 0.4) is 0 Å². The van der Waals surface area contributed by atoms with Gasteiger partial charge in [-0.25, -0.2) is 0 Å². The zero-order valence-corrected chi connectivity index (χ0v) is 17.3. The van der Waals surface area contributed by atoms with Gasteiger partial charge in [-0.3, -0.25) is 4.79 Å². The molecule has 30 heavy (non-hydrogen) atoms. The van der Waals surface area contributed by atoms with Gasteiger partial charge in [0.05, 0.1) is 19.8 Å². The molecule has 1 aromatic heterocycles. The van der Waals surface area contributed by atoms with E-state index in [4.69, 9.17) is 14.0 Å². The molecule has 0 N–H and O–H groups in total. The van der Waals surface area contributed by atoms with Crippen molar-refractivity contribution in [2.75, 3.05) is 50.2 Å². The number of benzene rings is 2.